The second-order valence-corrected chi connectivity index (χ2v) is 8.47. The number of halogens is 5. The molecule has 0 atom stereocenters. The molecule has 2 saturated heterocycles. The van der Waals surface area contributed by atoms with Gasteiger partial charge < -0.3 is 4.74 Å². The smallest absolute Gasteiger partial charge is 0.378 e. The van der Waals surface area contributed by atoms with E-state index >= 15 is 0 Å². The minimum atomic E-state index is -4.98. The number of rotatable bonds is 4. The van der Waals surface area contributed by atoms with E-state index in [1.165, 1.54) is 0 Å². The van der Waals surface area contributed by atoms with Gasteiger partial charge in [-0.15, -0.1) is 5.10 Å². The largest absolute Gasteiger partial charge is 0.419 e. The lowest BCUT2D eigenvalue weighted by Gasteiger charge is -2.36. The Balaban J connectivity index is 1.36. The number of piperidine rings is 1. The topological polar surface area (TPSA) is 50.6 Å². The third-order valence-electron chi connectivity index (χ3n) is 6.65. The van der Waals surface area contributed by atoms with E-state index in [4.69, 9.17) is 4.74 Å². The fraction of sp³-hybridized carbons (Fsp3) is 0.524. The van der Waals surface area contributed by atoms with Crippen LogP contribution in [0.4, 0.5) is 22.0 Å². The minimum Gasteiger partial charge on any atom is -0.378 e. The Bertz CT molecular complexity index is 1040. The van der Waals surface area contributed by atoms with Crippen LogP contribution in [0, 0.1) is 11.6 Å². The van der Waals surface area contributed by atoms with Crippen LogP contribution in [-0.4, -0.2) is 53.4 Å². The Morgan fingerprint density at radius 3 is 2.41 bits per heavy atom. The van der Waals surface area contributed by atoms with Gasteiger partial charge in [0.1, 0.15) is 5.69 Å². The van der Waals surface area contributed by atoms with Crippen LogP contribution in [0.3, 0.4) is 0 Å². The first-order valence-corrected chi connectivity index (χ1v) is 10.5. The van der Waals surface area contributed by atoms with Crippen molar-refractivity contribution in [1.29, 1.82) is 0 Å². The number of hydrogen-bond donors (Lipinski definition) is 0. The van der Waals surface area contributed by atoms with E-state index in [1.807, 2.05) is 5.01 Å². The fourth-order valence-electron chi connectivity index (χ4n) is 4.85. The average Bonchev–Trinajstić information content (AvgIpc) is 3.27. The van der Waals surface area contributed by atoms with Crippen LogP contribution >= 0.6 is 0 Å². The predicted octanol–water partition coefficient (Wildman–Crippen LogP) is 3.22. The molecule has 0 spiro atoms. The second kappa shape index (κ2) is 7.80. The average molecular weight is 456 g/mol. The molecule has 4 heterocycles. The monoisotopic (exact) mass is 456 g/mol. The summed E-state index contributed by atoms with van der Waals surface area (Å²) in [6.07, 6.45) is -3.62. The predicted molar refractivity (Wildman–Crippen MR) is 103 cm³/mol. The van der Waals surface area contributed by atoms with E-state index < -0.39 is 29.3 Å². The summed E-state index contributed by atoms with van der Waals surface area (Å²) in [4.78, 5) is 15.5. The zero-order valence-electron chi connectivity index (χ0n) is 17.0. The Morgan fingerprint density at radius 1 is 1.09 bits per heavy atom. The molecule has 0 N–H and O–H groups in total. The quantitative estimate of drug-likeness (QED) is 0.523. The summed E-state index contributed by atoms with van der Waals surface area (Å²) in [5.41, 5.74) is 0.407. The summed E-state index contributed by atoms with van der Waals surface area (Å²) in [5.74, 6) is -3.91. The van der Waals surface area contributed by atoms with E-state index in [1.54, 1.807) is 4.79 Å². The van der Waals surface area contributed by atoms with Crippen molar-refractivity contribution in [3.8, 4) is 0 Å². The molecule has 2 fully saturated rings. The molecular weight excluding hydrogens is 435 g/mol. The molecule has 3 aliphatic rings. The van der Waals surface area contributed by atoms with Crippen LogP contribution in [0.15, 0.2) is 12.1 Å². The normalized spacial score (nSPS) is 20.5. The van der Waals surface area contributed by atoms with Gasteiger partial charge in [0, 0.05) is 31.7 Å². The van der Waals surface area contributed by atoms with Crippen LogP contribution in [0.25, 0.3) is 0 Å². The maximum atomic E-state index is 14.0. The second-order valence-electron chi connectivity index (χ2n) is 8.47. The molecule has 3 aliphatic heterocycles. The molecule has 0 amide bonds. The van der Waals surface area contributed by atoms with Gasteiger partial charge in [0.05, 0.1) is 30.5 Å². The van der Waals surface area contributed by atoms with Gasteiger partial charge in [0.15, 0.2) is 17.9 Å². The molecule has 6 nitrogen and oxygen atoms in total. The highest BCUT2D eigenvalue weighted by Crippen LogP contribution is 2.41. The van der Waals surface area contributed by atoms with Crippen LogP contribution in [0.5, 0.6) is 0 Å². The van der Waals surface area contributed by atoms with Gasteiger partial charge in [0.2, 0.25) is 0 Å². The van der Waals surface area contributed by atoms with Crippen molar-refractivity contribution in [2.45, 2.75) is 44.1 Å². The fourth-order valence-corrected chi connectivity index (χ4v) is 4.85. The number of alkyl halides is 3. The highest BCUT2D eigenvalue weighted by molar-refractivity contribution is 5.75. The zero-order chi connectivity index (χ0) is 22.6. The molecule has 2 aromatic rings. The molecule has 0 radical (unpaired) electrons. The van der Waals surface area contributed by atoms with E-state index in [9.17, 15) is 26.7 Å². The molecule has 1 aromatic heterocycles. The lowest BCUT2D eigenvalue weighted by Crippen LogP contribution is -2.47. The molecule has 11 heteroatoms. The first-order chi connectivity index (χ1) is 15.3. The van der Waals surface area contributed by atoms with Crippen LogP contribution < -0.4 is 5.01 Å². The van der Waals surface area contributed by atoms with Gasteiger partial charge >= 0.3 is 6.18 Å². The minimum absolute atomic E-state index is 0.216. The van der Waals surface area contributed by atoms with Crippen molar-refractivity contribution in [2.75, 3.05) is 31.3 Å². The molecule has 32 heavy (non-hydrogen) atoms. The molecule has 0 aliphatic carbocycles. The third-order valence-corrected chi connectivity index (χ3v) is 6.65. The lowest BCUT2D eigenvalue weighted by atomic mass is 9.86. The summed E-state index contributed by atoms with van der Waals surface area (Å²) in [7, 11) is 0. The molecule has 172 valence electrons. The van der Waals surface area contributed by atoms with Crippen molar-refractivity contribution in [3.63, 3.8) is 0 Å². The number of ether oxygens (including phenoxy) is 1. The number of hydrogen-bond acceptors (Lipinski definition) is 5. The van der Waals surface area contributed by atoms with Crippen LogP contribution in [0.1, 0.15) is 51.6 Å². The standard InChI is InChI=1S/C21H21F5N4O2/c22-16-2-1-14(19(20(16)23)21(24,25)26)12-3-5-29(6-4-12)30-18-8-28(13-10-32-11-13)7-15(18)17(9-31)27-30/h1-2,9,12-13H,3-8,10-11H2. The number of nitrogens with zero attached hydrogens (tertiary/aromatic N) is 4. The van der Waals surface area contributed by atoms with Gasteiger partial charge in [-0.2, -0.15) is 18.0 Å². The molecular formula is C21H21F5N4O2. The van der Waals surface area contributed by atoms with E-state index in [2.05, 4.69) is 10.00 Å². The SMILES string of the molecule is O=Cc1nn(N2CCC(c3ccc(F)c(F)c3C(F)(F)F)CC2)c2c1CN(C1COC1)C2. The highest BCUT2D eigenvalue weighted by Gasteiger charge is 2.41. The number of aromatic nitrogens is 2. The van der Waals surface area contributed by atoms with Crippen molar-refractivity contribution in [1.82, 2.24) is 14.8 Å². The summed E-state index contributed by atoms with van der Waals surface area (Å²) in [6.45, 7) is 3.27. The van der Waals surface area contributed by atoms with Crippen LogP contribution in [0.2, 0.25) is 0 Å². The Kier molecular flexibility index (Phi) is 5.20. The van der Waals surface area contributed by atoms with E-state index in [0.717, 1.165) is 29.7 Å². The summed E-state index contributed by atoms with van der Waals surface area (Å²) in [5, 5.41) is 6.32. The van der Waals surface area contributed by atoms with E-state index in [-0.39, 0.29) is 5.56 Å². The Hall–Kier alpha value is -2.53. The van der Waals surface area contributed by atoms with Crippen molar-refractivity contribution in [3.05, 3.63) is 51.8 Å². The highest BCUT2D eigenvalue weighted by atomic mass is 19.4. The third kappa shape index (κ3) is 3.47. The lowest BCUT2D eigenvalue weighted by molar-refractivity contribution is -0.141. The molecule has 1 aromatic carbocycles. The summed E-state index contributed by atoms with van der Waals surface area (Å²) < 4.78 is 73.1. The van der Waals surface area contributed by atoms with E-state index in [0.29, 0.717) is 64.0 Å². The summed E-state index contributed by atoms with van der Waals surface area (Å²) >= 11 is 0. The molecule has 0 saturated carbocycles. The van der Waals surface area contributed by atoms with Crippen molar-refractivity contribution in [2.24, 2.45) is 0 Å². The van der Waals surface area contributed by atoms with Crippen molar-refractivity contribution < 1.29 is 31.5 Å². The molecule has 0 unspecified atom stereocenters. The number of benzene rings is 1. The Labute approximate surface area is 180 Å². The van der Waals surface area contributed by atoms with Crippen LogP contribution in [-0.2, 0) is 24.0 Å². The first kappa shape index (κ1) is 21.3. The number of aldehydes is 1. The molecule has 5 rings (SSSR count). The van der Waals surface area contributed by atoms with Gasteiger partial charge in [-0.25, -0.2) is 8.78 Å². The zero-order valence-corrected chi connectivity index (χ0v) is 17.0. The Morgan fingerprint density at radius 2 is 1.81 bits per heavy atom. The van der Waals surface area contributed by atoms with Gasteiger partial charge in [-0.3, -0.25) is 14.7 Å². The first-order valence-electron chi connectivity index (χ1n) is 10.5. The maximum absolute atomic E-state index is 14.0. The number of fused-ring (bicyclic) bond motifs is 1. The van der Waals surface area contributed by atoms with Crippen molar-refractivity contribution >= 4 is 6.29 Å². The van der Waals surface area contributed by atoms with Gasteiger partial charge in [-0.05, 0) is 30.4 Å². The molecule has 0 bridgehead atoms. The maximum Gasteiger partial charge on any atom is 0.419 e. The number of carbonyl (C=O) groups excluding carboxylic acids is 1. The number of carbonyl (C=O) groups is 1. The van der Waals surface area contributed by atoms with Gasteiger partial charge in [0.25, 0.3) is 0 Å². The summed E-state index contributed by atoms with van der Waals surface area (Å²) in [6, 6.07) is 2.09. The van der Waals surface area contributed by atoms with Gasteiger partial charge in [-0.1, -0.05) is 6.07 Å².